The van der Waals surface area contributed by atoms with Gasteiger partial charge in [-0.15, -0.1) is 11.8 Å². The minimum Gasteiger partial charge on any atom is -0.258 e. The number of benzene rings is 1. The van der Waals surface area contributed by atoms with Crippen molar-refractivity contribution in [3.8, 4) is 0 Å². The van der Waals surface area contributed by atoms with Crippen LogP contribution in [0.15, 0.2) is 30.3 Å². The van der Waals surface area contributed by atoms with E-state index in [0.717, 1.165) is 25.0 Å². The van der Waals surface area contributed by atoms with Crippen LogP contribution in [0.2, 0.25) is 0 Å². The van der Waals surface area contributed by atoms with Gasteiger partial charge in [-0.05, 0) is 30.6 Å². The lowest BCUT2D eigenvalue weighted by Crippen LogP contribution is -2.20. The van der Waals surface area contributed by atoms with Gasteiger partial charge in [-0.2, -0.15) is 0 Å². The average molecular weight is 240 g/mol. The van der Waals surface area contributed by atoms with Crippen molar-refractivity contribution >= 4 is 22.6 Å². The summed E-state index contributed by atoms with van der Waals surface area (Å²) in [6.45, 7) is 0. The highest BCUT2D eigenvalue weighted by molar-refractivity contribution is 8.11. The topological polar surface area (TPSA) is 17.1 Å². The third kappa shape index (κ3) is 3.35. The number of thioether (sulfide) groups is 1. The van der Waals surface area contributed by atoms with E-state index in [4.69, 9.17) is 0 Å². The van der Waals surface area contributed by atoms with Gasteiger partial charge in [0, 0.05) is 16.6 Å². The fourth-order valence-corrected chi connectivity index (χ4v) is 5.07. The lowest BCUT2D eigenvalue weighted by molar-refractivity contribution is 0.674. The Morgan fingerprint density at radius 3 is 2.87 bits per heavy atom. The maximum absolute atomic E-state index is 11.7. The summed E-state index contributed by atoms with van der Waals surface area (Å²) < 4.78 is 12.1. The van der Waals surface area contributed by atoms with Crippen molar-refractivity contribution in [3.05, 3.63) is 35.9 Å². The highest BCUT2D eigenvalue weighted by Crippen LogP contribution is 2.26. The smallest absolute Gasteiger partial charge is 0.0804 e. The maximum atomic E-state index is 11.7. The molecule has 2 atom stereocenters. The van der Waals surface area contributed by atoms with Crippen molar-refractivity contribution in [1.82, 2.24) is 0 Å². The maximum Gasteiger partial charge on any atom is 0.0804 e. The lowest BCUT2D eigenvalue weighted by atomic mass is 10.1. The first-order chi connectivity index (χ1) is 7.36. The second kappa shape index (κ2) is 5.71. The van der Waals surface area contributed by atoms with Crippen LogP contribution < -0.4 is 0 Å². The molecule has 0 radical (unpaired) electrons. The molecule has 0 spiro atoms. The molecule has 0 amide bonds. The van der Waals surface area contributed by atoms with E-state index in [2.05, 4.69) is 24.3 Å². The Kier molecular flexibility index (Phi) is 4.27. The Morgan fingerprint density at radius 2 is 2.13 bits per heavy atom. The van der Waals surface area contributed by atoms with E-state index in [1.54, 1.807) is 0 Å². The minimum absolute atomic E-state index is 0.374. The van der Waals surface area contributed by atoms with Crippen LogP contribution in [-0.2, 0) is 17.2 Å². The second-order valence-corrected chi connectivity index (χ2v) is 7.11. The fraction of sp³-hybridized carbons (Fsp3) is 0.500. The first-order valence-corrected chi connectivity index (χ1v) is 7.82. The quantitative estimate of drug-likeness (QED) is 0.808. The van der Waals surface area contributed by atoms with Crippen LogP contribution in [-0.4, -0.2) is 20.3 Å². The Morgan fingerprint density at radius 1 is 1.33 bits per heavy atom. The molecular formula is C12H16OS2. The van der Waals surface area contributed by atoms with Gasteiger partial charge in [0.15, 0.2) is 0 Å². The van der Waals surface area contributed by atoms with Gasteiger partial charge in [-0.3, -0.25) is 4.21 Å². The molecule has 2 unspecified atom stereocenters. The highest BCUT2D eigenvalue weighted by Gasteiger charge is 2.20. The molecule has 0 N–H and O–H groups in total. The van der Waals surface area contributed by atoms with Gasteiger partial charge in [-0.1, -0.05) is 30.3 Å². The number of hydrogen-bond acceptors (Lipinski definition) is 2. The van der Waals surface area contributed by atoms with Gasteiger partial charge in [0.1, 0.15) is 0 Å². The molecule has 1 aromatic rings. The van der Waals surface area contributed by atoms with Gasteiger partial charge in [0.2, 0.25) is 0 Å². The van der Waals surface area contributed by atoms with Crippen molar-refractivity contribution in [1.29, 1.82) is 0 Å². The van der Waals surface area contributed by atoms with Crippen LogP contribution in [0.4, 0.5) is 0 Å². The van der Waals surface area contributed by atoms with Crippen molar-refractivity contribution in [2.75, 3.05) is 11.5 Å². The van der Waals surface area contributed by atoms with Crippen LogP contribution in [0.25, 0.3) is 0 Å². The monoisotopic (exact) mass is 240 g/mol. The molecule has 1 aromatic carbocycles. The van der Waals surface area contributed by atoms with Crippen LogP contribution in [0.1, 0.15) is 18.4 Å². The van der Waals surface area contributed by atoms with E-state index in [0.29, 0.717) is 4.58 Å². The van der Waals surface area contributed by atoms with Crippen molar-refractivity contribution in [3.63, 3.8) is 0 Å². The molecule has 3 heteroatoms. The molecule has 1 nitrogen and oxygen atoms in total. The molecule has 1 saturated heterocycles. The summed E-state index contributed by atoms with van der Waals surface area (Å²) in [5.74, 6) is 2.09. The molecule has 0 saturated carbocycles. The molecule has 2 rings (SSSR count). The van der Waals surface area contributed by atoms with E-state index < -0.39 is 10.8 Å². The lowest BCUT2D eigenvalue weighted by Gasteiger charge is -2.20. The summed E-state index contributed by atoms with van der Waals surface area (Å²) in [5.41, 5.74) is 1.36. The minimum atomic E-state index is -0.589. The molecule has 1 aliphatic heterocycles. The summed E-state index contributed by atoms with van der Waals surface area (Å²) >= 11 is 1.89. The van der Waals surface area contributed by atoms with Gasteiger partial charge < -0.3 is 0 Å². The van der Waals surface area contributed by atoms with Crippen LogP contribution in [0, 0.1) is 0 Å². The summed E-state index contributed by atoms with van der Waals surface area (Å²) in [5, 5.41) is 0. The molecular weight excluding hydrogens is 224 g/mol. The van der Waals surface area contributed by atoms with E-state index in [9.17, 15) is 4.21 Å². The second-order valence-electron chi connectivity index (χ2n) is 3.76. The summed E-state index contributed by atoms with van der Waals surface area (Å²) in [6.07, 6.45) is 3.24. The first-order valence-electron chi connectivity index (χ1n) is 5.39. The Bertz CT molecular complexity index is 324. The highest BCUT2D eigenvalue weighted by atomic mass is 32.2. The molecule has 0 aromatic heterocycles. The zero-order valence-corrected chi connectivity index (χ0v) is 10.4. The molecule has 1 aliphatic rings. The van der Waals surface area contributed by atoms with Crippen molar-refractivity contribution in [2.45, 2.75) is 23.8 Å². The molecule has 15 heavy (non-hydrogen) atoms. The molecule has 0 bridgehead atoms. The van der Waals surface area contributed by atoms with E-state index in [1.807, 2.05) is 17.8 Å². The number of aryl methyl sites for hydroxylation is 1. The summed E-state index contributed by atoms with van der Waals surface area (Å²) in [6, 6.07) is 10.5. The van der Waals surface area contributed by atoms with E-state index in [-0.39, 0.29) is 0 Å². The number of hydrogen-bond donors (Lipinski definition) is 0. The van der Waals surface area contributed by atoms with Gasteiger partial charge in [0.05, 0.1) is 4.58 Å². The molecule has 1 heterocycles. The zero-order chi connectivity index (χ0) is 10.5. The first kappa shape index (κ1) is 11.2. The molecule has 82 valence electrons. The Hall–Kier alpha value is -0.280. The molecule has 0 aliphatic carbocycles. The summed E-state index contributed by atoms with van der Waals surface area (Å²) in [4.78, 5) is 0. The van der Waals surface area contributed by atoms with Crippen molar-refractivity contribution < 1.29 is 4.21 Å². The van der Waals surface area contributed by atoms with E-state index in [1.165, 1.54) is 11.3 Å². The zero-order valence-electron chi connectivity index (χ0n) is 8.72. The fourth-order valence-electron chi connectivity index (χ4n) is 1.77. The van der Waals surface area contributed by atoms with Crippen LogP contribution >= 0.6 is 11.8 Å². The van der Waals surface area contributed by atoms with Gasteiger partial charge in [-0.25, -0.2) is 0 Å². The van der Waals surface area contributed by atoms with Crippen LogP contribution in [0.3, 0.4) is 0 Å². The average Bonchev–Trinajstić information content (AvgIpc) is 2.29. The predicted octanol–water partition coefficient (Wildman–Crippen LogP) is 2.83. The Balaban J connectivity index is 1.85. The predicted molar refractivity (Wildman–Crippen MR) is 68.6 cm³/mol. The van der Waals surface area contributed by atoms with Crippen LogP contribution in [0.5, 0.6) is 0 Å². The Labute approximate surface area is 98.1 Å². The molecule has 1 fully saturated rings. The third-order valence-electron chi connectivity index (χ3n) is 2.60. The van der Waals surface area contributed by atoms with E-state index >= 15 is 0 Å². The SMILES string of the molecule is O=S1CCCSC1CCc1ccccc1. The van der Waals surface area contributed by atoms with Gasteiger partial charge in [0.25, 0.3) is 0 Å². The van der Waals surface area contributed by atoms with Gasteiger partial charge >= 0.3 is 0 Å². The number of rotatable bonds is 3. The largest absolute Gasteiger partial charge is 0.258 e. The summed E-state index contributed by atoms with van der Waals surface area (Å²) in [7, 11) is -0.589. The third-order valence-corrected chi connectivity index (χ3v) is 6.30. The normalized spacial score (nSPS) is 26.4. The standard InChI is InChI=1S/C12H16OS2/c13-15-10-4-9-14-12(15)8-7-11-5-2-1-3-6-11/h1-3,5-6,12H,4,7-10H2. The van der Waals surface area contributed by atoms with Crippen molar-refractivity contribution in [2.24, 2.45) is 0 Å².